The van der Waals surface area contributed by atoms with Crippen LogP contribution >= 0.6 is 0 Å². The van der Waals surface area contributed by atoms with Crippen molar-refractivity contribution < 1.29 is 44.1 Å². The number of nitrogens with one attached hydrogen (secondary N) is 4. The number of carbonyl (C=O) groups is 6. The number of nitrogens with two attached hydrogens (primary N) is 1. The molecule has 1 fully saturated rings. The highest BCUT2D eigenvalue weighted by molar-refractivity contribution is 5.96. The number of carboxylic acids is 2. The molecule has 2 heterocycles. The van der Waals surface area contributed by atoms with E-state index in [0.29, 0.717) is 12.1 Å². The van der Waals surface area contributed by atoms with E-state index in [0.717, 1.165) is 4.90 Å². The van der Waals surface area contributed by atoms with E-state index in [4.69, 9.17) is 5.73 Å². The Morgan fingerprint density at radius 2 is 1.79 bits per heavy atom. The van der Waals surface area contributed by atoms with E-state index in [9.17, 15) is 44.1 Å². The first-order chi connectivity index (χ1) is 17.8. The van der Waals surface area contributed by atoms with E-state index in [1.165, 1.54) is 26.4 Å². The number of aromatic amines is 1. The summed E-state index contributed by atoms with van der Waals surface area (Å²) in [5.74, 6) is -6.14. The molecule has 1 saturated heterocycles. The fourth-order valence-electron chi connectivity index (χ4n) is 3.95. The van der Waals surface area contributed by atoms with Crippen molar-refractivity contribution in [2.45, 2.75) is 75.8 Å². The maximum atomic E-state index is 12.8. The van der Waals surface area contributed by atoms with Gasteiger partial charge in [0.1, 0.15) is 24.2 Å². The second-order valence-electron chi connectivity index (χ2n) is 9.03. The Hall–Kier alpha value is -4.05. The maximum Gasteiger partial charge on any atom is 0.326 e. The summed E-state index contributed by atoms with van der Waals surface area (Å²) in [5.41, 5.74) is 6.37. The first-order valence-corrected chi connectivity index (χ1v) is 11.9. The molecule has 16 heteroatoms. The zero-order valence-corrected chi connectivity index (χ0v) is 20.9. The molecule has 4 amide bonds. The lowest BCUT2D eigenvalue weighted by molar-refractivity contribution is -0.149. The molecule has 38 heavy (non-hydrogen) atoms. The largest absolute Gasteiger partial charge is 0.481 e. The highest BCUT2D eigenvalue weighted by Crippen LogP contribution is 2.18. The molecule has 1 aliphatic rings. The third-order valence-corrected chi connectivity index (χ3v) is 5.96. The van der Waals surface area contributed by atoms with Crippen molar-refractivity contribution in [2.75, 3.05) is 6.54 Å². The number of amides is 4. The minimum atomic E-state index is -1.64. The molecule has 210 valence electrons. The molecule has 2 rings (SSSR count). The number of aliphatic hydroxyl groups excluding tert-OH is 1. The van der Waals surface area contributed by atoms with Gasteiger partial charge < -0.3 is 46.9 Å². The van der Waals surface area contributed by atoms with E-state index in [-0.39, 0.29) is 19.4 Å². The number of nitrogens with zero attached hydrogens (tertiary/aromatic N) is 2. The Bertz CT molecular complexity index is 1030. The molecule has 9 N–H and O–H groups in total. The maximum absolute atomic E-state index is 12.8. The zero-order valence-electron chi connectivity index (χ0n) is 20.9. The normalized spacial score (nSPS) is 18.9. The molecule has 0 saturated carbocycles. The second kappa shape index (κ2) is 13.5. The lowest BCUT2D eigenvalue weighted by atomic mass is 10.1. The number of hydrogen-bond acceptors (Lipinski definition) is 9. The van der Waals surface area contributed by atoms with Crippen molar-refractivity contribution in [2.24, 2.45) is 5.73 Å². The van der Waals surface area contributed by atoms with Gasteiger partial charge in [-0.3, -0.25) is 24.0 Å². The van der Waals surface area contributed by atoms with Gasteiger partial charge in [0.05, 0.1) is 24.9 Å². The van der Waals surface area contributed by atoms with Gasteiger partial charge in [0, 0.05) is 24.9 Å². The van der Waals surface area contributed by atoms with Gasteiger partial charge in [0.15, 0.2) is 0 Å². The van der Waals surface area contributed by atoms with Crippen LogP contribution in [-0.2, 0) is 35.2 Å². The van der Waals surface area contributed by atoms with E-state index in [2.05, 4.69) is 25.9 Å². The van der Waals surface area contributed by atoms with E-state index in [1.54, 1.807) is 0 Å². The summed E-state index contributed by atoms with van der Waals surface area (Å²) < 4.78 is 0. The number of aliphatic hydroxyl groups is 1. The quantitative estimate of drug-likeness (QED) is 0.123. The number of likely N-dealkylation sites (tertiary alicyclic amines) is 1. The molecule has 1 aromatic rings. The number of aromatic nitrogens is 2. The first kappa shape index (κ1) is 30.2. The first-order valence-electron chi connectivity index (χ1n) is 11.9. The molecule has 6 atom stereocenters. The monoisotopic (exact) mass is 539 g/mol. The van der Waals surface area contributed by atoms with Gasteiger partial charge >= 0.3 is 11.9 Å². The standard InChI is InChI=1S/C22H33N7O9/c1-10(21(36)29-5-3-4-15(29)22(37)38)26-20(35)17(11(2)30)28-19(34)14(7-16(31)32)27-18(33)13(23)6-12-8-24-9-25-12/h8-11,13-15,17,30H,3-7,23H2,1-2H3,(H,24,25)(H,26,35)(H,27,33)(H,28,34)(H,31,32)(H,37,38)/t10-,11+,13-,14-,15-,17-/m0/s1. The van der Waals surface area contributed by atoms with E-state index in [1.807, 2.05) is 0 Å². The van der Waals surface area contributed by atoms with Crippen LogP contribution in [0.5, 0.6) is 0 Å². The van der Waals surface area contributed by atoms with Crippen molar-refractivity contribution >= 4 is 35.6 Å². The molecule has 0 aliphatic carbocycles. The van der Waals surface area contributed by atoms with Crippen LogP contribution in [0.25, 0.3) is 0 Å². The fourth-order valence-corrected chi connectivity index (χ4v) is 3.95. The summed E-state index contributed by atoms with van der Waals surface area (Å²) >= 11 is 0. The molecule has 0 spiro atoms. The number of aliphatic carboxylic acids is 2. The Kier molecular flexibility index (Phi) is 10.7. The Morgan fingerprint density at radius 1 is 1.11 bits per heavy atom. The van der Waals surface area contributed by atoms with Gasteiger partial charge in [-0.15, -0.1) is 0 Å². The summed E-state index contributed by atoms with van der Waals surface area (Å²) in [6, 6.07) is -6.62. The molecule has 0 radical (unpaired) electrons. The van der Waals surface area contributed by atoms with Crippen LogP contribution in [0, 0.1) is 0 Å². The number of carboxylic acid groups (broad SMARTS) is 2. The summed E-state index contributed by atoms with van der Waals surface area (Å²) in [5, 5.41) is 35.4. The van der Waals surface area contributed by atoms with Crippen molar-refractivity contribution in [1.29, 1.82) is 0 Å². The fraction of sp³-hybridized carbons (Fsp3) is 0.591. The number of hydrogen-bond donors (Lipinski definition) is 8. The molecular weight excluding hydrogens is 506 g/mol. The van der Waals surface area contributed by atoms with Crippen molar-refractivity contribution in [3.63, 3.8) is 0 Å². The van der Waals surface area contributed by atoms with Crippen LogP contribution < -0.4 is 21.7 Å². The van der Waals surface area contributed by atoms with Crippen LogP contribution in [0.1, 0.15) is 38.8 Å². The lowest BCUT2D eigenvalue weighted by Crippen LogP contribution is -2.60. The van der Waals surface area contributed by atoms with Crippen molar-refractivity contribution in [3.05, 3.63) is 18.2 Å². The van der Waals surface area contributed by atoms with Gasteiger partial charge in [0.25, 0.3) is 0 Å². The SMILES string of the molecule is C[C@H](NC(=O)[C@@H](NC(=O)[C@H](CC(=O)O)NC(=O)[C@@H](N)Cc1cnc[nH]1)[C@@H](C)O)C(=O)N1CCC[C@H]1C(=O)O. The smallest absolute Gasteiger partial charge is 0.326 e. The van der Waals surface area contributed by atoms with Crippen LogP contribution in [-0.4, -0.2) is 109 Å². The highest BCUT2D eigenvalue weighted by Gasteiger charge is 2.38. The predicted molar refractivity (Wildman–Crippen MR) is 128 cm³/mol. The average Bonchev–Trinajstić information content (AvgIpc) is 3.53. The van der Waals surface area contributed by atoms with Crippen LogP contribution in [0.4, 0.5) is 0 Å². The number of rotatable bonds is 13. The predicted octanol–water partition coefficient (Wildman–Crippen LogP) is -3.32. The number of H-pyrrole nitrogens is 1. The zero-order chi connectivity index (χ0) is 28.6. The number of imidazole rings is 1. The second-order valence-corrected chi connectivity index (χ2v) is 9.03. The number of carbonyl (C=O) groups excluding carboxylic acids is 4. The van der Waals surface area contributed by atoms with Gasteiger partial charge in [0.2, 0.25) is 23.6 Å². The van der Waals surface area contributed by atoms with Crippen LogP contribution in [0.2, 0.25) is 0 Å². The third kappa shape index (κ3) is 8.24. The van der Waals surface area contributed by atoms with E-state index < -0.39 is 78.3 Å². The molecule has 0 bridgehead atoms. The van der Waals surface area contributed by atoms with E-state index >= 15 is 0 Å². The Morgan fingerprint density at radius 3 is 2.34 bits per heavy atom. The average molecular weight is 540 g/mol. The van der Waals surface area contributed by atoms with Gasteiger partial charge in [-0.05, 0) is 26.7 Å². The van der Waals surface area contributed by atoms with Crippen LogP contribution in [0.15, 0.2) is 12.5 Å². The summed E-state index contributed by atoms with van der Waals surface area (Å²) in [6.45, 7) is 2.71. The molecule has 0 aromatic carbocycles. The van der Waals surface area contributed by atoms with Crippen LogP contribution in [0.3, 0.4) is 0 Å². The third-order valence-electron chi connectivity index (χ3n) is 5.96. The molecular formula is C22H33N7O9. The van der Waals surface area contributed by atoms with Crippen molar-refractivity contribution in [3.8, 4) is 0 Å². The summed E-state index contributed by atoms with van der Waals surface area (Å²) in [6.07, 6.45) is 1.28. The highest BCUT2D eigenvalue weighted by atomic mass is 16.4. The summed E-state index contributed by atoms with van der Waals surface area (Å²) in [4.78, 5) is 81.2. The van der Waals surface area contributed by atoms with Crippen molar-refractivity contribution in [1.82, 2.24) is 30.8 Å². The molecule has 1 aliphatic heterocycles. The minimum Gasteiger partial charge on any atom is -0.481 e. The van der Waals surface area contributed by atoms with Gasteiger partial charge in [-0.1, -0.05) is 0 Å². The summed E-state index contributed by atoms with van der Waals surface area (Å²) in [7, 11) is 0. The lowest BCUT2D eigenvalue weighted by Gasteiger charge is -2.28. The van der Waals surface area contributed by atoms with Gasteiger partial charge in [-0.2, -0.15) is 0 Å². The Balaban J connectivity index is 2.05. The Labute approximate surface area is 217 Å². The van der Waals surface area contributed by atoms with Gasteiger partial charge in [-0.25, -0.2) is 9.78 Å². The molecule has 1 aromatic heterocycles. The molecule has 16 nitrogen and oxygen atoms in total. The topological polar surface area (TPSA) is 257 Å². The molecule has 0 unspecified atom stereocenters. The minimum absolute atomic E-state index is 0.0254.